The molecular weight excluding hydrogens is 129 g/mol. The van der Waals surface area contributed by atoms with Crippen molar-refractivity contribution < 1.29 is 13.2 Å². The van der Waals surface area contributed by atoms with Crippen LogP contribution in [0.2, 0.25) is 0 Å². The number of alkyl halides is 3. The summed E-state index contributed by atoms with van der Waals surface area (Å²) in [5, 5.41) is 0. The van der Waals surface area contributed by atoms with Crippen molar-refractivity contribution in [3.05, 3.63) is 0 Å². The van der Waals surface area contributed by atoms with E-state index in [4.69, 9.17) is 0 Å². The Kier molecular flexibility index (Phi) is 1.45. The molecule has 1 rings (SSSR count). The summed E-state index contributed by atoms with van der Waals surface area (Å²) >= 11 is 0. The largest absolute Gasteiger partial charge is 0.251 e. The zero-order valence-electron chi connectivity index (χ0n) is 5.20. The second-order valence-corrected chi connectivity index (χ2v) is 2.76. The molecule has 0 radical (unpaired) electrons. The van der Waals surface area contributed by atoms with Crippen molar-refractivity contribution in [2.24, 2.45) is 5.92 Å². The average Bonchev–Trinajstić information content (AvgIpc) is 1.79. The summed E-state index contributed by atoms with van der Waals surface area (Å²) in [6.45, 7) is 1.52. The van der Waals surface area contributed by atoms with Gasteiger partial charge < -0.3 is 0 Å². The molecule has 1 aliphatic carbocycles. The molecule has 54 valence electrons. The lowest BCUT2D eigenvalue weighted by atomic mass is 10.1. The van der Waals surface area contributed by atoms with E-state index in [1.807, 2.05) is 0 Å². The zero-order chi connectivity index (χ0) is 7.07. The molecule has 0 aromatic rings. The summed E-state index contributed by atoms with van der Waals surface area (Å²) in [6.07, 6.45) is -2.15. The van der Waals surface area contributed by atoms with Gasteiger partial charge in [-0.25, -0.2) is 13.2 Å². The maximum absolute atomic E-state index is 12.3. The molecule has 0 aliphatic heterocycles. The van der Waals surface area contributed by atoms with Gasteiger partial charge in [-0.05, 0) is 5.92 Å². The topological polar surface area (TPSA) is 0 Å². The van der Waals surface area contributed by atoms with Crippen LogP contribution in [0, 0.1) is 5.92 Å². The summed E-state index contributed by atoms with van der Waals surface area (Å²) in [5.41, 5.74) is 0. The minimum atomic E-state index is -2.74. The van der Waals surface area contributed by atoms with Crippen molar-refractivity contribution in [3.63, 3.8) is 0 Å². The highest BCUT2D eigenvalue weighted by atomic mass is 19.3. The summed E-state index contributed by atoms with van der Waals surface area (Å²) in [6, 6.07) is 0. The van der Waals surface area contributed by atoms with E-state index in [2.05, 4.69) is 0 Å². The van der Waals surface area contributed by atoms with Gasteiger partial charge in [-0.1, -0.05) is 6.92 Å². The van der Waals surface area contributed by atoms with Gasteiger partial charge >= 0.3 is 0 Å². The van der Waals surface area contributed by atoms with Crippen LogP contribution in [0.3, 0.4) is 0 Å². The van der Waals surface area contributed by atoms with Crippen LogP contribution in [0.5, 0.6) is 0 Å². The SMILES string of the molecule is CC1CC(F)(F)CC1F. The van der Waals surface area contributed by atoms with Gasteiger partial charge in [0, 0.05) is 12.8 Å². The fourth-order valence-corrected chi connectivity index (χ4v) is 1.17. The molecule has 9 heavy (non-hydrogen) atoms. The molecular formula is C6H9F3. The highest BCUT2D eigenvalue weighted by Gasteiger charge is 2.44. The smallest absolute Gasteiger partial charge is 0.247 e. The van der Waals surface area contributed by atoms with Crippen molar-refractivity contribution in [2.45, 2.75) is 31.9 Å². The van der Waals surface area contributed by atoms with Crippen molar-refractivity contribution in [1.82, 2.24) is 0 Å². The van der Waals surface area contributed by atoms with E-state index < -0.39 is 24.4 Å². The summed E-state index contributed by atoms with van der Waals surface area (Å²) in [7, 11) is 0. The van der Waals surface area contributed by atoms with Gasteiger partial charge in [0.05, 0.1) is 0 Å². The quantitative estimate of drug-likeness (QED) is 0.482. The standard InChI is InChI=1S/C6H9F3/c1-4-2-6(8,9)3-5(4)7/h4-5H,2-3H2,1H3. The second-order valence-electron chi connectivity index (χ2n) is 2.76. The van der Waals surface area contributed by atoms with E-state index >= 15 is 0 Å². The van der Waals surface area contributed by atoms with Gasteiger partial charge in [0.15, 0.2) is 0 Å². The third-order valence-electron chi connectivity index (χ3n) is 1.73. The van der Waals surface area contributed by atoms with Crippen LogP contribution in [-0.2, 0) is 0 Å². The van der Waals surface area contributed by atoms with Gasteiger partial charge in [0.25, 0.3) is 5.92 Å². The molecule has 0 N–H and O–H groups in total. The normalized spacial score (nSPS) is 41.3. The Morgan fingerprint density at radius 2 is 1.89 bits per heavy atom. The number of hydrogen-bond acceptors (Lipinski definition) is 0. The Morgan fingerprint density at radius 3 is 2.00 bits per heavy atom. The predicted octanol–water partition coefficient (Wildman–Crippen LogP) is 2.39. The summed E-state index contributed by atoms with van der Waals surface area (Å²) in [4.78, 5) is 0. The van der Waals surface area contributed by atoms with Crippen molar-refractivity contribution in [1.29, 1.82) is 0 Å². The first-order valence-electron chi connectivity index (χ1n) is 3.03. The lowest BCUT2D eigenvalue weighted by molar-refractivity contribution is 0.00163. The van der Waals surface area contributed by atoms with Gasteiger partial charge in [-0.3, -0.25) is 0 Å². The first-order valence-corrected chi connectivity index (χ1v) is 3.03. The van der Waals surface area contributed by atoms with Gasteiger partial charge in [-0.2, -0.15) is 0 Å². The Bertz CT molecular complexity index is 98.9. The summed E-state index contributed by atoms with van der Waals surface area (Å²) in [5.74, 6) is -3.20. The van der Waals surface area contributed by atoms with E-state index in [0.717, 1.165) is 0 Å². The van der Waals surface area contributed by atoms with Crippen molar-refractivity contribution in [2.75, 3.05) is 0 Å². The van der Waals surface area contributed by atoms with Crippen LogP contribution in [-0.4, -0.2) is 12.1 Å². The van der Waals surface area contributed by atoms with E-state index in [1.165, 1.54) is 6.92 Å². The first kappa shape index (κ1) is 6.90. The maximum Gasteiger partial charge on any atom is 0.251 e. The third-order valence-corrected chi connectivity index (χ3v) is 1.73. The number of halogens is 3. The minimum absolute atomic E-state index is 0.284. The predicted molar refractivity (Wildman–Crippen MR) is 28.2 cm³/mol. The molecule has 0 aromatic heterocycles. The second kappa shape index (κ2) is 1.89. The fraction of sp³-hybridized carbons (Fsp3) is 1.00. The molecule has 1 fully saturated rings. The maximum atomic E-state index is 12.3. The Hall–Kier alpha value is -0.210. The average molecular weight is 138 g/mol. The van der Waals surface area contributed by atoms with E-state index in [-0.39, 0.29) is 6.42 Å². The highest BCUT2D eigenvalue weighted by molar-refractivity contribution is 4.85. The molecule has 0 aromatic carbocycles. The van der Waals surface area contributed by atoms with Gasteiger partial charge in [0.2, 0.25) is 0 Å². The van der Waals surface area contributed by atoms with E-state index in [9.17, 15) is 13.2 Å². The molecule has 0 amide bonds. The number of rotatable bonds is 0. The molecule has 0 bridgehead atoms. The van der Waals surface area contributed by atoms with Gasteiger partial charge in [-0.15, -0.1) is 0 Å². The molecule has 0 nitrogen and oxygen atoms in total. The molecule has 2 unspecified atom stereocenters. The van der Waals surface area contributed by atoms with Crippen LogP contribution >= 0.6 is 0 Å². The summed E-state index contributed by atoms with van der Waals surface area (Å²) < 4.78 is 36.7. The molecule has 2 atom stereocenters. The van der Waals surface area contributed by atoms with Crippen LogP contribution in [0.1, 0.15) is 19.8 Å². The van der Waals surface area contributed by atoms with Crippen molar-refractivity contribution in [3.8, 4) is 0 Å². The fourth-order valence-electron chi connectivity index (χ4n) is 1.17. The first-order chi connectivity index (χ1) is 4.01. The van der Waals surface area contributed by atoms with Crippen LogP contribution in [0.25, 0.3) is 0 Å². The molecule has 0 saturated heterocycles. The van der Waals surface area contributed by atoms with Crippen LogP contribution in [0.4, 0.5) is 13.2 Å². The Balaban J connectivity index is 2.54. The zero-order valence-corrected chi connectivity index (χ0v) is 5.20. The van der Waals surface area contributed by atoms with Crippen LogP contribution in [0.15, 0.2) is 0 Å². The minimum Gasteiger partial charge on any atom is -0.247 e. The lowest BCUT2D eigenvalue weighted by Crippen LogP contribution is -2.09. The monoisotopic (exact) mass is 138 g/mol. The Morgan fingerprint density at radius 1 is 1.33 bits per heavy atom. The lowest BCUT2D eigenvalue weighted by Gasteiger charge is -2.04. The van der Waals surface area contributed by atoms with E-state index in [0.29, 0.717) is 0 Å². The van der Waals surface area contributed by atoms with Crippen molar-refractivity contribution >= 4 is 0 Å². The van der Waals surface area contributed by atoms with Gasteiger partial charge in [0.1, 0.15) is 6.17 Å². The molecule has 0 heterocycles. The molecule has 3 heteroatoms. The third kappa shape index (κ3) is 1.37. The molecule has 1 aliphatic rings. The Labute approximate surface area is 52.1 Å². The highest BCUT2D eigenvalue weighted by Crippen LogP contribution is 2.40. The number of hydrogen-bond donors (Lipinski definition) is 0. The molecule has 1 saturated carbocycles. The van der Waals surface area contributed by atoms with E-state index in [1.54, 1.807) is 0 Å². The van der Waals surface area contributed by atoms with Crippen LogP contribution < -0.4 is 0 Å². The molecule has 0 spiro atoms.